The summed E-state index contributed by atoms with van der Waals surface area (Å²) in [5.74, 6) is 0.615. The highest BCUT2D eigenvalue weighted by Gasteiger charge is 1.95. The quantitative estimate of drug-likeness (QED) is 0.721. The number of hydrogen-bond acceptors (Lipinski definition) is 2. The van der Waals surface area contributed by atoms with E-state index in [-0.39, 0.29) is 0 Å². The lowest BCUT2D eigenvalue weighted by atomic mass is 10.1. The minimum Gasteiger partial charge on any atom is -0.380 e. The van der Waals surface area contributed by atoms with E-state index in [9.17, 15) is 0 Å². The second-order valence-electron chi connectivity index (χ2n) is 4.60. The molecule has 1 aromatic rings. The number of halogens is 1. The Morgan fingerprint density at radius 2 is 1.88 bits per heavy atom. The highest BCUT2D eigenvalue weighted by atomic mass is 35.5. The largest absolute Gasteiger partial charge is 0.380 e. The van der Waals surface area contributed by atoms with E-state index >= 15 is 0 Å². The Labute approximate surface area is 109 Å². The first kappa shape index (κ1) is 14.5. The van der Waals surface area contributed by atoms with Crippen LogP contribution in [0.25, 0.3) is 0 Å². The van der Waals surface area contributed by atoms with Gasteiger partial charge in [0.05, 0.1) is 6.61 Å². The van der Waals surface area contributed by atoms with Crippen LogP contribution in [-0.4, -0.2) is 26.3 Å². The summed E-state index contributed by atoms with van der Waals surface area (Å²) in [7, 11) is 0. The molecule has 0 aromatic heterocycles. The minimum atomic E-state index is 0.615. The summed E-state index contributed by atoms with van der Waals surface area (Å²) in [6.07, 6.45) is 1.03. The molecule has 0 atom stereocenters. The highest BCUT2D eigenvalue weighted by Crippen LogP contribution is 2.09. The molecule has 0 unspecified atom stereocenters. The highest BCUT2D eigenvalue weighted by molar-refractivity contribution is 6.30. The van der Waals surface area contributed by atoms with Gasteiger partial charge >= 0.3 is 0 Å². The van der Waals surface area contributed by atoms with Gasteiger partial charge < -0.3 is 10.1 Å². The predicted molar refractivity (Wildman–Crippen MR) is 73.7 cm³/mol. The maximum atomic E-state index is 5.82. The number of hydrogen-bond donors (Lipinski definition) is 1. The Morgan fingerprint density at radius 1 is 1.18 bits per heavy atom. The van der Waals surface area contributed by atoms with E-state index in [1.807, 2.05) is 12.1 Å². The predicted octanol–water partition coefficient (Wildman–Crippen LogP) is 3.14. The molecule has 0 saturated heterocycles. The van der Waals surface area contributed by atoms with Crippen molar-refractivity contribution >= 4 is 11.6 Å². The van der Waals surface area contributed by atoms with Crippen molar-refractivity contribution in [3.63, 3.8) is 0 Å². The van der Waals surface area contributed by atoms with Crippen molar-refractivity contribution in [1.82, 2.24) is 5.32 Å². The molecular formula is C14H22ClNO. The molecule has 1 rings (SSSR count). The van der Waals surface area contributed by atoms with Crippen LogP contribution in [0.4, 0.5) is 0 Å². The van der Waals surface area contributed by atoms with E-state index in [1.165, 1.54) is 5.56 Å². The first-order valence-electron chi connectivity index (χ1n) is 6.21. The first-order chi connectivity index (χ1) is 8.18. The molecule has 0 heterocycles. The van der Waals surface area contributed by atoms with Crippen LogP contribution in [0.3, 0.4) is 0 Å². The lowest BCUT2D eigenvalue weighted by molar-refractivity contribution is 0.112. The van der Waals surface area contributed by atoms with Gasteiger partial charge in [0.1, 0.15) is 0 Å². The molecule has 0 aliphatic carbocycles. The average Bonchev–Trinajstić information content (AvgIpc) is 2.30. The van der Waals surface area contributed by atoms with Crippen molar-refractivity contribution < 1.29 is 4.74 Å². The molecule has 0 fully saturated rings. The van der Waals surface area contributed by atoms with E-state index in [0.29, 0.717) is 5.92 Å². The maximum Gasteiger partial charge on any atom is 0.0591 e. The molecule has 96 valence electrons. The normalized spacial score (nSPS) is 11.1. The van der Waals surface area contributed by atoms with Gasteiger partial charge in [-0.05, 0) is 36.6 Å². The van der Waals surface area contributed by atoms with Crippen LogP contribution in [0.15, 0.2) is 24.3 Å². The molecule has 0 radical (unpaired) electrons. The average molecular weight is 256 g/mol. The van der Waals surface area contributed by atoms with Crippen molar-refractivity contribution in [2.75, 3.05) is 26.3 Å². The van der Waals surface area contributed by atoms with Crippen molar-refractivity contribution in [2.45, 2.75) is 20.3 Å². The van der Waals surface area contributed by atoms with Crippen molar-refractivity contribution in [1.29, 1.82) is 0 Å². The number of benzene rings is 1. The third-order valence-electron chi connectivity index (χ3n) is 2.38. The van der Waals surface area contributed by atoms with E-state index in [1.54, 1.807) is 0 Å². The topological polar surface area (TPSA) is 21.3 Å². The molecular weight excluding hydrogens is 234 g/mol. The zero-order valence-electron chi connectivity index (χ0n) is 10.7. The molecule has 1 N–H and O–H groups in total. The van der Waals surface area contributed by atoms with Gasteiger partial charge in [0, 0.05) is 18.2 Å². The zero-order chi connectivity index (χ0) is 12.5. The summed E-state index contributed by atoms with van der Waals surface area (Å²) in [5.41, 5.74) is 1.31. The Hall–Kier alpha value is -0.570. The molecule has 0 spiro atoms. The molecule has 1 aromatic carbocycles. The van der Waals surface area contributed by atoms with Crippen molar-refractivity contribution in [3.05, 3.63) is 34.9 Å². The second-order valence-corrected chi connectivity index (χ2v) is 5.03. The van der Waals surface area contributed by atoms with Crippen LogP contribution in [0, 0.1) is 5.92 Å². The number of ether oxygens (including phenoxy) is 1. The van der Waals surface area contributed by atoms with Gasteiger partial charge in [-0.25, -0.2) is 0 Å². The number of rotatable bonds is 8. The van der Waals surface area contributed by atoms with Crippen LogP contribution < -0.4 is 5.32 Å². The van der Waals surface area contributed by atoms with E-state index in [2.05, 4.69) is 31.3 Å². The van der Waals surface area contributed by atoms with Crippen LogP contribution in [0.1, 0.15) is 19.4 Å². The summed E-state index contributed by atoms with van der Waals surface area (Å²) in [6.45, 7) is 7.85. The van der Waals surface area contributed by atoms with E-state index in [0.717, 1.165) is 37.7 Å². The van der Waals surface area contributed by atoms with Gasteiger partial charge in [-0.3, -0.25) is 0 Å². The second kappa shape index (κ2) is 8.51. The third kappa shape index (κ3) is 7.37. The Morgan fingerprint density at radius 3 is 2.53 bits per heavy atom. The third-order valence-corrected chi connectivity index (χ3v) is 2.63. The molecule has 3 heteroatoms. The molecule has 0 saturated carbocycles. The molecule has 0 aliphatic heterocycles. The summed E-state index contributed by atoms with van der Waals surface area (Å²) in [6, 6.07) is 8.00. The number of nitrogens with one attached hydrogen (secondary N) is 1. The summed E-state index contributed by atoms with van der Waals surface area (Å²) >= 11 is 5.82. The van der Waals surface area contributed by atoms with Crippen LogP contribution in [0.5, 0.6) is 0 Å². The first-order valence-corrected chi connectivity index (χ1v) is 6.59. The van der Waals surface area contributed by atoms with E-state index in [4.69, 9.17) is 16.3 Å². The Kier molecular flexibility index (Phi) is 7.25. The van der Waals surface area contributed by atoms with Crippen LogP contribution >= 0.6 is 11.6 Å². The lowest BCUT2D eigenvalue weighted by Crippen LogP contribution is -2.22. The molecule has 0 aliphatic rings. The monoisotopic (exact) mass is 255 g/mol. The fourth-order valence-electron chi connectivity index (χ4n) is 1.47. The summed E-state index contributed by atoms with van der Waals surface area (Å²) in [4.78, 5) is 0. The summed E-state index contributed by atoms with van der Waals surface area (Å²) in [5, 5.41) is 4.16. The van der Waals surface area contributed by atoms with Gasteiger partial charge in [-0.2, -0.15) is 0 Å². The Balaban J connectivity index is 1.99. The SMILES string of the molecule is CC(C)COCCNCCc1ccc(Cl)cc1. The van der Waals surface area contributed by atoms with Crippen LogP contribution in [0.2, 0.25) is 5.02 Å². The van der Waals surface area contributed by atoms with Gasteiger partial charge in [-0.1, -0.05) is 37.6 Å². The van der Waals surface area contributed by atoms with Crippen LogP contribution in [-0.2, 0) is 11.2 Å². The summed E-state index contributed by atoms with van der Waals surface area (Å²) < 4.78 is 5.48. The smallest absolute Gasteiger partial charge is 0.0591 e. The molecule has 17 heavy (non-hydrogen) atoms. The lowest BCUT2D eigenvalue weighted by Gasteiger charge is -2.08. The van der Waals surface area contributed by atoms with Gasteiger partial charge in [0.25, 0.3) is 0 Å². The molecule has 0 bridgehead atoms. The van der Waals surface area contributed by atoms with Gasteiger partial charge in [0.2, 0.25) is 0 Å². The van der Waals surface area contributed by atoms with Crippen molar-refractivity contribution in [2.24, 2.45) is 5.92 Å². The minimum absolute atomic E-state index is 0.615. The standard InChI is InChI=1S/C14H22ClNO/c1-12(2)11-17-10-9-16-8-7-13-3-5-14(15)6-4-13/h3-6,12,16H,7-11H2,1-2H3. The maximum absolute atomic E-state index is 5.82. The van der Waals surface area contributed by atoms with Crippen molar-refractivity contribution in [3.8, 4) is 0 Å². The fraction of sp³-hybridized carbons (Fsp3) is 0.571. The molecule has 2 nitrogen and oxygen atoms in total. The van der Waals surface area contributed by atoms with Gasteiger partial charge in [0.15, 0.2) is 0 Å². The van der Waals surface area contributed by atoms with Gasteiger partial charge in [-0.15, -0.1) is 0 Å². The van der Waals surface area contributed by atoms with E-state index < -0.39 is 0 Å². The fourth-order valence-corrected chi connectivity index (χ4v) is 1.60. The molecule has 0 amide bonds. The Bertz CT molecular complexity index is 298. The zero-order valence-corrected chi connectivity index (χ0v) is 11.5.